The molecule has 0 atom stereocenters. The van der Waals surface area contributed by atoms with Gasteiger partial charge in [-0.25, -0.2) is 9.87 Å². The third kappa shape index (κ3) is 1.75. The Morgan fingerprint density at radius 3 is 2.83 bits per heavy atom. The molecule has 0 amide bonds. The molecule has 2 nitrogen and oxygen atoms in total. The molecule has 4 heteroatoms. The molecule has 0 spiro atoms. The minimum atomic E-state index is -0.410. The molecule has 0 bridgehead atoms. The summed E-state index contributed by atoms with van der Waals surface area (Å²) in [5.74, 6) is -0.410. The highest BCUT2D eigenvalue weighted by Crippen LogP contribution is 2.22. The summed E-state index contributed by atoms with van der Waals surface area (Å²) in [7, 11) is 0. The molecule has 0 aromatic heterocycles. The van der Waals surface area contributed by atoms with E-state index in [0.29, 0.717) is 10.6 Å². The smallest absolute Gasteiger partial charge is 0.129 e. The van der Waals surface area contributed by atoms with Crippen molar-refractivity contribution in [2.24, 2.45) is 0 Å². The maximum atomic E-state index is 13.0. The van der Waals surface area contributed by atoms with Crippen LogP contribution < -0.4 is 5.48 Å². The molecule has 0 heterocycles. The molecule has 0 radical (unpaired) electrons. The Morgan fingerprint density at radius 2 is 2.25 bits per heavy atom. The molecule has 1 aromatic carbocycles. The van der Waals surface area contributed by atoms with Crippen LogP contribution in [-0.2, 0) is 6.54 Å². The minimum Gasteiger partial charge on any atom is -0.316 e. The summed E-state index contributed by atoms with van der Waals surface area (Å²) in [5, 5.41) is 8.74. The van der Waals surface area contributed by atoms with Crippen LogP contribution in [0.4, 0.5) is 4.39 Å². The van der Waals surface area contributed by atoms with E-state index in [2.05, 4.69) is 0 Å². The van der Waals surface area contributed by atoms with Gasteiger partial charge in [0.25, 0.3) is 0 Å². The molecule has 2 N–H and O–H groups in total. The normalized spacial score (nSPS) is 10.3. The van der Waals surface area contributed by atoms with Crippen LogP contribution in [0.2, 0.25) is 5.02 Å². The van der Waals surface area contributed by atoms with Crippen molar-refractivity contribution >= 4 is 11.6 Å². The lowest BCUT2D eigenvalue weighted by Crippen LogP contribution is -2.09. The maximum absolute atomic E-state index is 13.0. The molecule has 0 unspecified atom stereocenters. The summed E-state index contributed by atoms with van der Waals surface area (Å²) in [4.78, 5) is 0. The Balaban J connectivity index is 3.14. The summed E-state index contributed by atoms with van der Waals surface area (Å²) in [6.45, 7) is 1.80. The zero-order chi connectivity index (χ0) is 9.14. The van der Waals surface area contributed by atoms with E-state index in [0.717, 1.165) is 5.56 Å². The van der Waals surface area contributed by atoms with E-state index < -0.39 is 5.82 Å². The molecule has 0 aliphatic rings. The SMILES string of the molecule is Cc1ccc(F)c(CNO)c1Cl. The second-order valence-electron chi connectivity index (χ2n) is 2.49. The standard InChI is InChI=1S/C8H9ClFNO/c1-5-2-3-7(10)6(4-11-12)8(5)9/h2-3,11-12H,4H2,1H3. The largest absolute Gasteiger partial charge is 0.316 e. The average Bonchev–Trinajstić information content (AvgIpc) is 2.06. The Labute approximate surface area is 74.9 Å². The van der Waals surface area contributed by atoms with Gasteiger partial charge in [-0.3, -0.25) is 0 Å². The van der Waals surface area contributed by atoms with Crippen LogP contribution in [0.25, 0.3) is 0 Å². The summed E-state index contributed by atoms with van der Waals surface area (Å²) >= 11 is 5.79. The topological polar surface area (TPSA) is 32.3 Å². The van der Waals surface area contributed by atoms with Crippen LogP contribution in [0.5, 0.6) is 0 Å². The molecule has 0 aliphatic carbocycles. The van der Waals surface area contributed by atoms with Gasteiger partial charge >= 0.3 is 0 Å². The first-order chi connectivity index (χ1) is 5.66. The molecular weight excluding hydrogens is 181 g/mol. The van der Waals surface area contributed by atoms with Gasteiger partial charge in [0.15, 0.2) is 0 Å². The van der Waals surface area contributed by atoms with Crippen molar-refractivity contribution in [3.8, 4) is 0 Å². The molecular formula is C8H9ClFNO. The summed E-state index contributed by atoms with van der Waals surface area (Å²) in [6, 6.07) is 2.92. The lowest BCUT2D eigenvalue weighted by molar-refractivity contribution is 0.160. The van der Waals surface area contributed by atoms with Gasteiger partial charge in [-0.2, -0.15) is 0 Å². The Morgan fingerprint density at radius 1 is 1.58 bits per heavy atom. The van der Waals surface area contributed by atoms with Crippen molar-refractivity contribution in [2.75, 3.05) is 0 Å². The van der Waals surface area contributed by atoms with Crippen molar-refractivity contribution in [3.63, 3.8) is 0 Å². The summed E-state index contributed by atoms with van der Waals surface area (Å²) in [5.41, 5.74) is 2.95. The monoisotopic (exact) mass is 189 g/mol. The summed E-state index contributed by atoms with van der Waals surface area (Å²) < 4.78 is 13.0. The van der Waals surface area contributed by atoms with Gasteiger partial charge in [0.05, 0.1) is 11.6 Å². The van der Waals surface area contributed by atoms with E-state index in [1.165, 1.54) is 6.07 Å². The number of benzene rings is 1. The Bertz CT molecular complexity index is 291. The molecule has 1 rings (SSSR count). The quantitative estimate of drug-likeness (QED) is 0.700. The van der Waals surface area contributed by atoms with Crippen LogP contribution in [-0.4, -0.2) is 5.21 Å². The highest BCUT2D eigenvalue weighted by Gasteiger charge is 2.08. The van der Waals surface area contributed by atoms with Gasteiger partial charge in [-0.15, -0.1) is 0 Å². The van der Waals surface area contributed by atoms with Crippen molar-refractivity contribution < 1.29 is 9.60 Å². The predicted octanol–water partition coefficient (Wildman–Crippen LogP) is 2.27. The Kier molecular flexibility index (Phi) is 3.03. The fourth-order valence-electron chi connectivity index (χ4n) is 0.956. The first-order valence-corrected chi connectivity index (χ1v) is 3.85. The maximum Gasteiger partial charge on any atom is 0.129 e. The number of nitrogens with one attached hydrogen (secondary N) is 1. The van der Waals surface area contributed by atoms with Crippen LogP contribution >= 0.6 is 11.6 Å². The average molecular weight is 190 g/mol. The fraction of sp³-hybridized carbons (Fsp3) is 0.250. The van der Waals surface area contributed by atoms with E-state index in [1.807, 2.05) is 5.48 Å². The molecule has 0 saturated carbocycles. The van der Waals surface area contributed by atoms with Crippen LogP contribution in [0.1, 0.15) is 11.1 Å². The molecule has 0 aliphatic heterocycles. The highest BCUT2D eigenvalue weighted by molar-refractivity contribution is 6.32. The highest BCUT2D eigenvalue weighted by atomic mass is 35.5. The minimum absolute atomic E-state index is 0.0202. The van der Waals surface area contributed by atoms with Gasteiger partial charge in [0, 0.05) is 5.56 Å². The van der Waals surface area contributed by atoms with Crippen molar-refractivity contribution in [1.29, 1.82) is 0 Å². The number of rotatable bonds is 2. The second kappa shape index (κ2) is 3.85. The third-order valence-corrected chi connectivity index (χ3v) is 2.16. The molecule has 66 valence electrons. The lowest BCUT2D eigenvalue weighted by Gasteiger charge is -2.06. The number of hydroxylamine groups is 1. The van der Waals surface area contributed by atoms with E-state index in [-0.39, 0.29) is 6.54 Å². The van der Waals surface area contributed by atoms with Crippen LogP contribution in [0.15, 0.2) is 12.1 Å². The fourth-order valence-corrected chi connectivity index (χ4v) is 1.18. The van der Waals surface area contributed by atoms with Crippen molar-refractivity contribution in [1.82, 2.24) is 5.48 Å². The molecule has 1 aromatic rings. The van der Waals surface area contributed by atoms with E-state index in [1.54, 1.807) is 13.0 Å². The predicted molar refractivity (Wildman–Crippen MR) is 44.8 cm³/mol. The zero-order valence-electron chi connectivity index (χ0n) is 6.56. The first kappa shape index (κ1) is 9.45. The summed E-state index contributed by atoms with van der Waals surface area (Å²) in [6.07, 6.45) is 0. The van der Waals surface area contributed by atoms with Gasteiger partial charge < -0.3 is 5.21 Å². The van der Waals surface area contributed by atoms with Gasteiger partial charge in [-0.05, 0) is 18.6 Å². The van der Waals surface area contributed by atoms with Gasteiger partial charge in [0.1, 0.15) is 5.82 Å². The zero-order valence-corrected chi connectivity index (χ0v) is 7.32. The third-order valence-electron chi connectivity index (χ3n) is 1.63. The molecule has 0 saturated heterocycles. The number of halogens is 2. The second-order valence-corrected chi connectivity index (χ2v) is 2.87. The van der Waals surface area contributed by atoms with E-state index >= 15 is 0 Å². The van der Waals surface area contributed by atoms with Crippen molar-refractivity contribution in [2.45, 2.75) is 13.5 Å². The van der Waals surface area contributed by atoms with E-state index in [9.17, 15) is 4.39 Å². The lowest BCUT2D eigenvalue weighted by atomic mass is 10.1. The number of hydrogen-bond donors (Lipinski definition) is 2. The van der Waals surface area contributed by atoms with Crippen LogP contribution in [0.3, 0.4) is 0 Å². The molecule has 12 heavy (non-hydrogen) atoms. The van der Waals surface area contributed by atoms with Gasteiger partial charge in [-0.1, -0.05) is 17.7 Å². The Hall–Kier alpha value is -0.640. The molecule has 0 fully saturated rings. The number of aryl methyl sites for hydroxylation is 1. The van der Waals surface area contributed by atoms with Gasteiger partial charge in [0.2, 0.25) is 0 Å². The number of hydrogen-bond acceptors (Lipinski definition) is 2. The van der Waals surface area contributed by atoms with Crippen molar-refractivity contribution in [3.05, 3.63) is 34.1 Å². The van der Waals surface area contributed by atoms with E-state index in [4.69, 9.17) is 16.8 Å². The van der Waals surface area contributed by atoms with Crippen LogP contribution in [0, 0.1) is 12.7 Å². The first-order valence-electron chi connectivity index (χ1n) is 3.47.